The number of benzene rings is 1. The van der Waals surface area contributed by atoms with Crippen molar-refractivity contribution in [2.75, 3.05) is 5.75 Å². The molecular weight excluding hydrogens is 268 g/mol. The van der Waals surface area contributed by atoms with Crippen LogP contribution in [0.1, 0.15) is 44.2 Å². The number of thioether (sulfide) groups is 1. The van der Waals surface area contributed by atoms with Crippen molar-refractivity contribution in [1.29, 1.82) is 0 Å². The topological polar surface area (TPSA) is 38.0 Å². The normalized spacial score (nSPS) is 12.8. The van der Waals surface area contributed by atoms with Crippen LogP contribution in [0.4, 0.5) is 0 Å². The zero-order valence-corrected chi connectivity index (χ0v) is 13.1. The second kappa shape index (κ2) is 6.95. The van der Waals surface area contributed by atoms with Crippen LogP contribution in [-0.2, 0) is 6.42 Å². The second-order valence-corrected chi connectivity index (χ2v) is 6.44. The van der Waals surface area contributed by atoms with Crippen LogP contribution in [0.3, 0.4) is 0 Å². The van der Waals surface area contributed by atoms with Gasteiger partial charge in [-0.25, -0.2) is 0 Å². The summed E-state index contributed by atoms with van der Waals surface area (Å²) in [6, 6.07) is 10.5. The minimum absolute atomic E-state index is 0.353. The minimum Gasteiger partial charge on any atom is -0.388 e. The largest absolute Gasteiger partial charge is 0.388 e. The van der Waals surface area contributed by atoms with E-state index >= 15 is 0 Å². The highest BCUT2D eigenvalue weighted by molar-refractivity contribution is 7.99. The van der Waals surface area contributed by atoms with E-state index in [2.05, 4.69) is 38.0 Å². The Morgan fingerprint density at radius 2 is 1.90 bits per heavy atom. The first-order valence-corrected chi connectivity index (χ1v) is 8.03. The van der Waals surface area contributed by atoms with Crippen LogP contribution in [0.15, 0.2) is 41.4 Å². The first-order chi connectivity index (χ1) is 9.60. The first-order valence-electron chi connectivity index (χ1n) is 7.05. The van der Waals surface area contributed by atoms with Crippen LogP contribution >= 0.6 is 11.8 Å². The van der Waals surface area contributed by atoms with Gasteiger partial charge in [-0.15, -0.1) is 11.8 Å². The zero-order chi connectivity index (χ0) is 14.5. The smallest absolute Gasteiger partial charge is 0.0846 e. The lowest BCUT2D eigenvalue weighted by Gasteiger charge is -2.10. The molecule has 1 atom stereocenters. The third-order valence-corrected chi connectivity index (χ3v) is 4.07. The predicted octanol–water partition coefficient (Wildman–Crippen LogP) is 3.85. The molecule has 0 fully saturated rings. The van der Waals surface area contributed by atoms with Gasteiger partial charge in [-0.1, -0.05) is 19.1 Å². The van der Waals surface area contributed by atoms with E-state index in [0.717, 1.165) is 17.0 Å². The van der Waals surface area contributed by atoms with Crippen molar-refractivity contribution in [2.24, 2.45) is 0 Å². The van der Waals surface area contributed by atoms with E-state index in [1.54, 1.807) is 0 Å². The van der Waals surface area contributed by atoms with Gasteiger partial charge in [-0.05, 0) is 43.4 Å². The zero-order valence-electron chi connectivity index (χ0n) is 12.3. The number of rotatable bonds is 6. The Bertz CT molecular complexity index is 534. The van der Waals surface area contributed by atoms with Gasteiger partial charge in [-0.2, -0.15) is 5.10 Å². The molecule has 0 spiro atoms. The molecule has 2 aromatic rings. The van der Waals surface area contributed by atoms with Gasteiger partial charge in [0.1, 0.15) is 0 Å². The minimum atomic E-state index is -0.494. The SMILES string of the molecule is CCSc1ccc(C(O)Cc2ccn(C(C)C)n2)cc1. The van der Waals surface area contributed by atoms with Gasteiger partial charge in [0.25, 0.3) is 0 Å². The average molecular weight is 290 g/mol. The summed E-state index contributed by atoms with van der Waals surface area (Å²) in [5.41, 5.74) is 1.88. The van der Waals surface area contributed by atoms with E-state index in [-0.39, 0.29) is 0 Å². The maximum Gasteiger partial charge on any atom is 0.0846 e. The summed E-state index contributed by atoms with van der Waals surface area (Å²) in [7, 11) is 0. The molecule has 1 heterocycles. The van der Waals surface area contributed by atoms with Crippen molar-refractivity contribution in [3.05, 3.63) is 47.8 Å². The maximum atomic E-state index is 10.3. The van der Waals surface area contributed by atoms with Crippen molar-refractivity contribution in [2.45, 2.75) is 44.2 Å². The summed E-state index contributed by atoms with van der Waals surface area (Å²) >= 11 is 1.81. The van der Waals surface area contributed by atoms with Gasteiger partial charge >= 0.3 is 0 Å². The van der Waals surface area contributed by atoms with E-state index in [9.17, 15) is 5.11 Å². The predicted molar refractivity (Wildman–Crippen MR) is 84.1 cm³/mol. The third-order valence-electron chi connectivity index (χ3n) is 3.17. The molecule has 1 unspecified atom stereocenters. The van der Waals surface area contributed by atoms with Crippen molar-refractivity contribution in [3.63, 3.8) is 0 Å². The summed E-state index contributed by atoms with van der Waals surface area (Å²) in [4.78, 5) is 1.24. The molecule has 1 aromatic carbocycles. The summed E-state index contributed by atoms with van der Waals surface area (Å²) in [6.45, 7) is 6.33. The molecule has 0 saturated carbocycles. The Morgan fingerprint density at radius 3 is 2.45 bits per heavy atom. The Morgan fingerprint density at radius 1 is 1.20 bits per heavy atom. The average Bonchev–Trinajstić information content (AvgIpc) is 2.88. The van der Waals surface area contributed by atoms with Crippen LogP contribution in [0.2, 0.25) is 0 Å². The first kappa shape index (κ1) is 15.1. The molecule has 0 aliphatic carbocycles. The molecule has 0 saturated heterocycles. The fourth-order valence-electron chi connectivity index (χ4n) is 2.04. The molecule has 0 radical (unpaired) electrons. The van der Waals surface area contributed by atoms with Crippen LogP contribution < -0.4 is 0 Å². The maximum absolute atomic E-state index is 10.3. The Kier molecular flexibility index (Phi) is 5.26. The second-order valence-electron chi connectivity index (χ2n) is 5.10. The van der Waals surface area contributed by atoms with Gasteiger partial charge in [0.05, 0.1) is 11.8 Å². The van der Waals surface area contributed by atoms with Crippen LogP contribution in [-0.4, -0.2) is 20.6 Å². The van der Waals surface area contributed by atoms with Gasteiger partial charge in [0.2, 0.25) is 0 Å². The summed E-state index contributed by atoms with van der Waals surface area (Å²) in [6.07, 6.45) is 2.03. The molecule has 0 amide bonds. The molecule has 20 heavy (non-hydrogen) atoms. The number of aliphatic hydroxyl groups excluding tert-OH is 1. The van der Waals surface area contributed by atoms with E-state index in [1.807, 2.05) is 40.8 Å². The van der Waals surface area contributed by atoms with Crippen molar-refractivity contribution < 1.29 is 5.11 Å². The van der Waals surface area contributed by atoms with E-state index in [4.69, 9.17) is 0 Å². The Labute approximate surface area is 125 Å². The highest BCUT2D eigenvalue weighted by Crippen LogP contribution is 2.22. The van der Waals surface area contributed by atoms with Crippen LogP contribution in [0.5, 0.6) is 0 Å². The van der Waals surface area contributed by atoms with E-state index in [0.29, 0.717) is 12.5 Å². The van der Waals surface area contributed by atoms with Gasteiger partial charge < -0.3 is 5.11 Å². The van der Waals surface area contributed by atoms with Gasteiger partial charge in [0.15, 0.2) is 0 Å². The third kappa shape index (κ3) is 3.87. The summed E-state index contributed by atoms with van der Waals surface area (Å²) < 4.78 is 1.92. The molecule has 4 heteroatoms. The molecule has 1 aromatic heterocycles. The lowest BCUT2D eigenvalue weighted by atomic mass is 10.1. The molecule has 2 rings (SSSR count). The fourth-order valence-corrected chi connectivity index (χ4v) is 2.70. The van der Waals surface area contributed by atoms with Crippen LogP contribution in [0.25, 0.3) is 0 Å². The Balaban J connectivity index is 2.01. The van der Waals surface area contributed by atoms with Crippen molar-refractivity contribution >= 4 is 11.8 Å². The van der Waals surface area contributed by atoms with Crippen LogP contribution in [0, 0.1) is 0 Å². The van der Waals surface area contributed by atoms with Crippen molar-refractivity contribution in [3.8, 4) is 0 Å². The van der Waals surface area contributed by atoms with E-state index in [1.165, 1.54) is 4.90 Å². The van der Waals surface area contributed by atoms with Gasteiger partial charge in [0, 0.05) is 23.6 Å². The molecule has 0 aliphatic heterocycles. The molecule has 0 bridgehead atoms. The number of aliphatic hydroxyl groups is 1. The summed E-state index contributed by atoms with van der Waals surface area (Å²) in [5.74, 6) is 1.06. The lowest BCUT2D eigenvalue weighted by molar-refractivity contribution is 0.177. The molecule has 0 aliphatic rings. The quantitative estimate of drug-likeness (QED) is 0.821. The monoisotopic (exact) mass is 290 g/mol. The molecular formula is C16H22N2OS. The number of nitrogens with zero attached hydrogens (tertiary/aromatic N) is 2. The van der Waals surface area contributed by atoms with Gasteiger partial charge in [-0.3, -0.25) is 4.68 Å². The lowest BCUT2D eigenvalue weighted by Crippen LogP contribution is -2.05. The highest BCUT2D eigenvalue weighted by Gasteiger charge is 2.11. The standard InChI is InChI=1S/C16H22N2OS/c1-4-20-15-7-5-13(6-8-15)16(19)11-14-9-10-18(17-14)12(2)3/h5-10,12,16,19H,4,11H2,1-3H3. The number of hydrogen-bond acceptors (Lipinski definition) is 3. The molecule has 108 valence electrons. The van der Waals surface area contributed by atoms with Crippen molar-refractivity contribution in [1.82, 2.24) is 9.78 Å². The molecule has 1 N–H and O–H groups in total. The fraction of sp³-hybridized carbons (Fsp3) is 0.438. The Hall–Kier alpha value is -1.26. The van der Waals surface area contributed by atoms with E-state index < -0.39 is 6.10 Å². The number of hydrogen-bond donors (Lipinski definition) is 1. The number of aromatic nitrogens is 2. The molecule has 3 nitrogen and oxygen atoms in total. The summed E-state index contributed by atoms with van der Waals surface area (Å²) in [5, 5.41) is 14.8. The highest BCUT2D eigenvalue weighted by atomic mass is 32.2.